The molecule has 1 aromatic heterocycles. The average Bonchev–Trinajstić information content (AvgIpc) is 2.92. The maximum atomic E-state index is 10.4. The number of aliphatic hydroxyl groups excluding tert-OH is 1. The highest BCUT2D eigenvalue weighted by Crippen LogP contribution is 2.36. The number of aliphatic hydroxyl groups is 1. The maximum Gasteiger partial charge on any atom is 0.146 e. The summed E-state index contributed by atoms with van der Waals surface area (Å²) in [5.41, 5.74) is 3.93. The van der Waals surface area contributed by atoms with Crippen LogP contribution in [0.25, 0.3) is 11.1 Å². The molecule has 0 radical (unpaired) electrons. The van der Waals surface area contributed by atoms with Gasteiger partial charge in [-0.1, -0.05) is 101 Å². The molecule has 186 valence electrons. The third kappa shape index (κ3) is 7.48. The van der Waals surface area contributed by atoms with Gasteiger partial charge in [0, 0.05) is 28.0 Å². The fourth-order valence-electron chi connectivity index (χ4n) is 3.48. The molecule has 1 N–H and O–H groups in total. The van der Waals surface area contributed by atoms with Crippen LogP contribution < -0.4 is 4.74 Å². The normalized spacial score (nSPS) is 11.3. The molecule has 5 aromatic rings. The Kier molecular flexibility index (Phi) is 9.45. The van der Waals surface area contributed by atoms with Gasteiger partial charge in [0.1, 0.15) is 17.6 Å². The van der Waals surface area contributed by atoms with Crippen molar-refractivity contribution in [2.24, 2.45) is 0 Å². The van der Waals surface area contributed by atoms with Crippen LogP contribution in [0.4, 0.5) is 0 Å². The second kappa shape index (κ2) is 13.0. The minimum atomic E-state index is -0.646. The van der Waals surface area contributed by atoms with Crippen molar-refractivity contribution in [1.82, 2.24) is 4.98 Å². The van der Waals surface area contributed by atoms with Crippen molar-refractivity contribution >= 4 is 46.4 Å². The number of ether oxygens (including phenoxy) is 1. The molecule has 0 spiro atoms. The summed E-state index contributed by atoms with van der Waals surface area (Å²) >= 11 is 23.5. The molecule has 0 saturated carbocycles. The van der Waals surface area contributed by atoms with Gasteiger partial charge in [-0.25, -0.2) is 0 Å². The topological polar surface area (TPSA) is 42.4 Å². The van der Waals surface area contributed by atoms with Crippen LogP contribution in [0.2, 0.25) is 20.1 Å². The number of halogens is 4. The maximum absolute atomic E-state index is 10.4. The zero-order chi connectivity index (χ0) is 26.2. The molecule has 0 bridgehead atoms. The number of rotatable bonds is 5. The largest absolute Gasteiger partial charge is 0.454 e. The molecule has 1 atom stereocenters. The molecular weight excluding hydrogens is 548 g/mol. The van der Waals surface area contributed by atoms with Crippen molar-refractivity contribution in [3.63, 3.8) is 0 Å². The zero-order valence-corrected chi connectivity index (χ0v) is 22.4. The highest BCUT2D eigenvalue weighted by Gasteiger charge is 2.11. The number of aromatic nitrogens is 1. The Bertz CT molecular complexity index is 1410. The van der Waals surface area contributed by atoms with Gasteiger partial charge in [-0.15, -0.1) is 0 Å². The van der Waals surface area contributed by atoms with Crippen LogP contribution in [0.15, 0.2) is 116 Å². The summed E-state index contributed by atoms with van der Waals surface area (Å²) in [6.07, 6.45) is 2.75. The molecule has 0 fully saturated rings. The molecule has 0 aliphatic rings. The van der Waals surface area contributed by atoms with E-state index in [1.807, 2.05) is 48.5 Å². The van der Waals surface area contributed by atoms with E-state index in [-0.39, 0.29) is 0 Å². The molecule has 5 rings (SSSR count). The summed E-state index contributed by atoms with van der Waals surface area (Å²) in [5, 5.41) is 12.4. The van der Waals surface area contributed by atoms with Crippen molar-refractivity contribution in [1.29, 1.82) is 0 Å². The van der Waals surface area contributed by atoms with Gasteiger partial charge in [-0.2, -0.15) is 0 Å². The first-order valence-electron chi connectivity index (χ1n) is 11.2. The minimum Gasteiger partial charge on any atom is -0.454 e. The fourth-order valence-corrected chi connectivity index (χ4v) is 4.38. The third-order valence-corrected chi connectivity index (χ3v) is 6.38. The van der Waals surface area contributed by atoms with Crippen LogP contribution in [0.5, 0.6) is 11.5 Å². The van der Waals surface area contributed by atoms with Gasteiger partial charge in [0.15, 0.2) is 0 Å². The summed E-state index contributed by atoms with van der Waals surface area (Å²) in [6, 6.07) is 31.8. The third-order valence-electron chi connectivity index (χ3n) is 5.32. The van der Waals surface area contributed by atoms with Gasteiger partial charge in [0.2, 0.25) is 0 Å². The number of benzene rings is 4. The van der Waals surface area contributed by atoms with Crippen molar-refractivity contribution in [2.75, 3.05) is 0 Å². The molecule has 4 aromatic carbocycles. The lowest BCUT2D eigenvalue weighted by Gasteiger charge is -2.12. The summed E-state index contributed by atoms with van der Waals surface area (Å²) in [7, 11) is 0. The van der Waals surface area contributed by atoms with E-state index in [0.29, 0.717) is 31.6 Å². The Balaban J connectivity index is 0.000000176. The number of nitrogens with zero attached hydrogens (tertiary/aromatic N) is 1. The van der Waals surface area contributed by atoms with Gasteiger partial charge < -0.3 is 9.84 Å². The van der Waals surface area contributed by atoms with E-state index in [1.54, 1.807) is 48.8 Å². The van der Waals surface area contributed by atoms with Gasteiger partial charge in [-0.05, 0) is 65.2 Å². The molecule has 0 aliphatic carbocycles. The summed E-state index contributed by atoms with van der Waals surface area (Å²) in [6.45, 7) is 0. The van der Waals surface area contributed by atoms with Crippen molar-refractivity contribution in [2.45, 2.75) is 6.10 Å². The van der Waals surface area contributed by atoms with E-state index in [0.717, 1.165) is 22.3 Å². The van der Waals surface area contributed by atoms with Crippen LogP contribution >= 0.6 is 46.4 Å². The molecule has 1 unspecified atom stereocenters. The van der Waals surface area contributed by atoms with Crippen LogP contribution in [0.3, 0.4) is 0 Å². The molecule has 7 heteroatoms. The highest BCUT2D eigenvalue weighted by molar-refractivity contribution is 6.36. The van der Waals surface area contributed by atoms with E-state index in [9.17, 15) is 5.11 Å². The first kappa shape index (κ1) is 27.0. The van der Waals surface area contributed by atoms with Crippen molar-refractivity contribution in [3.05, 3.63) is 147 Å². The summed E-state index contributed by atoms with van der Waals surface area (Å²) in [5.74, 6) is 0.973. The van der Waals surface area contributed by atoms with Crippen LogP contribution in [-0.4, -0.2) is 10.1 Å². The van der Waals surface area contributed by atoms with Gasteiger partial charge in [0.05, 0.1) is 10.0 Å². The first-order chi connectivity index (χ1) is 17.9. The van der Waals surface area contributed by atoms with E-state index in [4.69, 9.17) is 51.1 Å². The van der Waals surface area contributed by atoms with E-state index in [1.165, 1.54) is 0 Å². The number of hydrogen-bond acceptors (Lipinski definition) is 3. The molecule has 0 amide bonds. The SMILES string of the molecule is Clc1ccc(Oc2ccc(Cl)cc2Cl)c(Cl)c1.OC(c1cccnc1)c1cccc(-c2ccccc2)c1. The molecule has 3 nitrogen and oxygen atoms in total. The number of hydrogen-bond donors (Lipinski definition) is 1. The Hall–Kier alpha value is -3.05. The Morgan fingerprint density at radius 1 is 0.595 bits per heavy atom. The average molecular weight is 569 g/mol. The second-order valence-electron chi connectivity index (χ2n) is 7.93. The predicted octanol–water partition coefficient (Wildman–Crippen LogP) is 9.92. The Labute approximate surface area is 235 Å². The lowest BCUT2D eigenvalue weighted by atomic mass is 9.98. The summed E-state index contributed by atoms with van der Waals surface area (Å²) in [4.78, 5) is 4.05. The summed E-state index contributed by atoms with van der Waals surface area (Å²) < 4.78 is 5.57. The minimum absolute atomic E-state index is 0.420. The van der Waals surface area contributed by atoms with Crippen molar-refractivity contribution < 1.29 is 9.84 Å². The van der Waals surface area contributed by atoms with Crippen molar-refractivity contribution in [3.8, 4) is 22.6 Å². The molecule has 0 aliphatic heterocycles. The van der Waals surface area contributed by atoms with Gasteiger partial charge in [-0.3, -0.25) is 4.98 Å². The quantitative estimate of drug-likeness (QED) is 0.229. The first-order valence-corrected chi connectivity index (χ1v) is 12.7. The van der Waals surface area contributed by atoms with E-state index < -0.39 is 6.10 Å². The molecular formula is C30H21Cl4NO2. The highest BCUT2D eigenvalue weighted by atomic mass is 35.5. The Morgan fingerprint density at radius 2 is 1.19 bits per heavy atom. The molecule has 37 heavy (non-hydrogen) atoms. The van der Waals surface area contributed by atoms with E-state index in [2.05, 4.69) is 23.2 Å². The van der Waals surface area contributed by atoms with E-state index >= 15 is 0 Å². The standard InChI is InChI=1S/C18H15NO.C12H6Cl4O/c20-18(17-10-5-11-19-13-17)16-9-4-8-15(12-16)14-6-2-1-3-7-14;13-7-1-3-11(9(15)5-7)17-12-4-2-8(14)6-10(12)16/h1-13,18,20H;1-6H. The molecule has 0 saturated heterocycles. The second-order valence-corrected chi connectivity index (χ2v) is 9.62. The zero-order valence-electron chi connectivity index (χ0n) is 19.4. The number of pyridine rings is 1. The van der Waals surface area contributed by atoms with Crippen LogP contribution in [0, 0.1) is 0 Å². The lowest BCUT2D eigenvalue weighted by Crippen LogP contribution is -2.00. The van der Waals surface area contributed by atoms with Crippen LogP contribution in [0.1, 0.15) is 17.2 Å². The molecule has 1 heterocycles. The predicted molar refractivity (Wildman–Crippen MR) is 153 cm³/mol. The van der Waals surface area contributed by atoms with Gasteiger partial charge >= 0.3 is 0 Å². The van der Waals surface area contributed by atoms with Gasteiger partial charge in [0.25, 0.3) is 0 Å². The monoisotopic (exact) mass is 567 g/mol. The fraction of sp³-hybridized carbons (Fsp3) is 0.0333. The smallest absolute Gasteiger partial charge is 0.146 e. The van der Waals surface area contributed by atoms with Crippen LogP contribution in [-0.2, 0) is 0 Å². The Morgan fingerprint density at radius 3 is 1.76 bits per heavy atom. The lowest BCUT2D eigenvalue weighted by molar-refractivity contribution is 0.220.